The number of carbonyl (C=O) groups excluding carboxylic acids is 1. The second-order valence-electron chi connectivity index (χ2n) is 7.32. The molecular formula is C17H30N2O2. The normalized spacial score (nSPS) is 39.8. The predicted octanol–water partition coefficient (Wildman–Crippen LogP) is 2.09. The van der Waals surface area contributed by atoms with Crippen molar-refractivity contribution in [2.45, 2.75) is 57.5 Å². The van der Waals surface area contributed by atoms with E-state index in [1.54, 1.807) is 0 Å². The third-order valence-electron chi connectivity index (χ3n) is 6.17. The summed E-state index contributed by atoms with van der Waals surface area (Å²) in [6.45, 7) is 2.79. The number of amides is 1. The first-order valence-electron chi connectivity index (χ1n) is 8.76. The van der Waals surface area contributed by atoms with E-state index < -0.39 is 0 Å². The van der Waals surface area contributed by atoms with Crippen LogP contribution in [-0.4, -0.2) is 38.8 Å². The zero-order valence-electron chi connectivity index (χ0n) is 13.3. The molecule has 0 bridgehead atoms. The van der Waals surface area contributed by atoms with Gasteiger partial charge in [-0.25, -0.2) is 0 Å². The summed E-state index contributed by atoms with van der Waals surface area (Å²) in [7, 11) is 1.81. The SMILES string of the molecule is COC1CCC(CNC(=O)[C@@]23CCCC[C@H]2CNC3)CC1. The number of rotatable bonds is 4. The molecule has 3 fully saturated rings. The highest BCUT2D eigenvalue weighted by atomic mass is 16.5. The van der Waals surface area contributed by atoms with E-state index in [1.807, 2.05) is 7.11 Å². The minimum Gasteiger partial charge on any atom is -0.381 e. The fourth-order valence-electron chi connectivity index (χ4n) is 4.68. The van der Waals surface area contributed by atoms with Crippen molar-refractivity contribution in [2.75, 3.05) is 26.7 Å². The maximum Gasteiger partial charge on any atom is 0.227 e. The van der Waals surface area contributed by atoms with Crippen LogP contribution in [0, 0.1) is 17.3 Å². The molecule has 0 spiro atoms. The number of nitrogens with one attached hydrogen (secondary N) is 2. The minimum absolute atomic E-state index is 0.0953. The number of hydrogen-bond acceptors (Lipinski definition) is 3. The Morgan fingerprint density at radius 1 is 1.24 bits per heavy atom. The molecule has 3 rings (SSSR count). The maximum absolute atomic E-state index is 12.8. The van der Waals surface area contributed by atoms with E-state index in [0.717, 1.165) is 38.9 Å². The number of methoxy groups -OCH3 is 1. The van der Waals surface area contributed by atoms with Crippen LogP contribution >= 0.6 is 0 Å². The zero-order valence-corrected chi connectivity index (χ0v) is 13.3. The van der Waals surface area contributed by atoms with Crippen LogP contribution in [0.4, 0.5) is 0 Å². The Kier molecular flexibility index (Phi) is 4.85. The molecule has 4 nitrogen and oxygen atoms in total. The van der Waals surface area contributed by atoms with Crippen LogP contribution < -0.4 is 10.6 Å². The molecule has 4 heteroatoms. The lowest BCUT2D eigenvalue weighted by Gasteiger charge is -2.37. The van der Waals surface area contributed by atoms with Crippen LogP contribution in [0.15, 0.2) is 0 Å². The summed E-state index contributed by atoms with van der Waals surface area (Å²) in [5.74, 6) is 1.54. The van der Waals surface area contributed by atoms with Crippen molar-refractivity contribution in [2.24, 2.45) is 17.3 Å². The van der Waals surface area contributed by atoms with Crippen molar-refractivity contribution >= 4 is 5.91 Å². The van der Waals surface area contributed by atoms with Crippen LogP contribution in [-0.2, 0) is 9.53 Å². The highest BCUT2D eigenvalue weighted by molar-refractivity contribution is 5.83. The van der Waals surface area contributed by atoms with E-state index in [-0.39, 0.29) is 5.41 Å². The summed E-state index contributed by atoms with van der Waals surface area (Å²) in [5, 5.41) is 6.76. The summed E-state index contributed by atoms with van der Waals surface area (Å²) in [6.07, 6.45) is 9.91. The quantitative estimate of drug-likeness (QED) is 0.835. The van der Waals surface area contributed by atoms with Gasteiger partial charge in [-0.1, -0.05) is 12.8 Å². The van der Waals surface area contributed by atoms with Crippen molar-refractivity contribution in [3.63, 3.8) is 0 Å². The van der Waals surface area contributed by atoms with Crippen LogP contribution in [0.1, 0.15) is 51.4 Å². The molecule has 3 aliphatic rings. The van der Waals surface area contributed by atoms with E-state index >= 15 is 0 Å². The van der Waals surface area contributed by atoms with Crippen LogP contribution in [0.25, 0.3) is 0 Å². The molecule has 0 unspecified atom stereocenters. The lowest BCUT2D eigenvalue weighted by molar-refractivity contribution is -0.134. The van der Waals surface area contributed by atoms with Gasteiger partial charge in [-0.3, -0.25) is 4.79 Å². The number of carbonyl (C=O) groups is 1. The summed E-state index contributed by atoms with van der Waals surface area (Å²) in [4.78, 5) is 12.8. The van der Waals surface area contributed by atoms with Crippen molar-refractivity contribution in [1.82, 2.24) is 10.6 Å². The molecule has 21 heavy (non-hydrogen) atoms. The Morgan fingerprint density at radius 2 is 2.05 bits per heavy atom. The average molecular weight is 294 g/mol. The summed E-state index contributed by atoms with van der Waals surface area (Å²) < 4.78 is 5.42. The van der Waals surface area contributed by atoms with Gasteiger partial charge in [0.05, 0.1) is 11.5 Å². The highest BCUT2D eigenvalue weighted by Gasteiger charge is 2.49. The van der Waals surface area contributed by atoms with Gasteiger partial charge in [0.1, 0.15) is 0 Å². The molecular weight excluding hydrogens is 264 g/mol. The van der Waals surface area contributed by atoms with Gasteiger partial charge in [0.25, 0.3) is 0 Å². The van der Waals surface area contributed by atoms with Crippen molar-refractivity contribution in [3.8, 4) is 0 Å². The molecule has 0 aromatic rings. The standard InChI is InChI=1S/C17H30N2O2/c1-21-15-7-5-13(6-8-15)10-19-16(20)17-9-3-2-4-14(17)11-18-12-17/h13-15,18H,2-12H2,1H3,(H,19,20)/t13?,14-,15?,17+/m0/s1. The number of hydrogen-bond donors (Lipinski definition) is 2. The Labute approximate surface area is 128 Å². The van der Waals surface area contributed by atoms with Gasteiger partial charge in [0.2, 0.25) is 5.91 Å². The van der Waals surface area contributed by atoms with Crippen LogP contribution in [0.3, 0.4) is 0 Å². The Balaban J connectivity index is 1.50. The minimum atomic E-state index is -0.0953. The summed E-state index contributed by atoms with van der Waals surface area (Å²) >= 11 is 0. The zero-order chi connectivity index (χ0) is 14.7. The summed E-state index contributed by atoms with van der Waals surface area (Å²) in [6, 6.07) is 0. The molecule has 120 valence electrons. The predicted molar refractivity (Wildman–Crippen MR) is 83.0 cm³/mol. The second-order valence-corrected chi connectivity index (χ2v) is 7.32. The molecule has 0 aromatic heterocycles. The molecule has 1 heterocycles. The highest BCUT2D eigenvalue weighted by Crippen LogP contribution is 2.44. The van der Waals surface area contributed by atoms with Gasteiger partial charge in [-0.2, -0.15) is 0 Å². The van der Waals surface area contributed by atoms with Gasteiger partial charge < -0.3 is 15.4 Å². The maximum atomic E-state index is 12.8. The number of ether oxygens (including phenoxy) is 1. The van der Waals surface area contributed by atoms with E-state index in [4.69, 9.17) is 4.74 Å². The third-order valence-corrected chi connectivity index (χ3v) is 6.17. The smallest absolute Gasteiger partial charge is 0.227 e. The number of fused-ring (bicyclic) bond motifs is 1. The van der Waals surface area contributed by atoms with E-state index in [2.05, 4.69) is 10.6 Å². The second kappa shape index (κ2) is 6.66. The topological polar surface area (TPSA) is 50.4 Å². The lowest BCUT2D eigenvalue weighted by atomic mass is 9.67. The largest absolute Gasteiger partial charge is 0.381 e. The Bertz CT molecular complexity index is 366. The van der Waals surface area contributed by atoms with E-state index in [1.165, 1.54) is 32.1 Å². The molecule has 0 aromatic carbocycles. The molecule has 1 amide bonds. The van der Waals surface area contributed by atoms with Gasteiger partial charge in [0, 0.05) is 20.2 Å². The fraction of sp³-hybridized carbons (Fsp3) is 0.941. The molecule has 2 aliphatic carbocycles. The van der Waals surface area contributed by atoms with Crippen molar-refractivity contribution < 1.29 is 9.53 Å². The monoisotopic (exact) mass is 294 g/mol. The van der Waals surface area contributed by atoms with Crippen molar-refractivity contribution in [3.05, 3.63) is 0 Å². The molecule has 1 aliphatic heterocycles. The average Bonchev–Trinajstić information content (AvgIpc) is 2.98. The molecule has 1 saturated heterocycles. The van der Waals surface area contributed by atoms with E-state index in [9.17, 15) is 4.79 Å². The van der Waals surface area contributed by atoms with Crippen molar-refractivity contribution in [1.29, 1.82) is 0 Å². The van der Waals surface area contributed by atoms with Gasteiger partial charge in [0.15, 0.2) is 0 Å². The van der Waals surface area contributed by atoms with Gasteiger partial charge in [-0.05, 0) is 56.9 Å². The molecule has 0 radical (unpaired) electrons. The fourth-order valence-corrected chi connectivity index (χ4v) is 4.68. The lowest BCUT2D eigenvalue weighted by Crippen LogP contribution is -2.49. The van der Waals surface area contributed by atoms with Crippen LogP contribution in [0.2, 0.25) is 0 Å². The van der Waals surface area contributed by atoms with E-state index in [0.29, 0.717) is 23.8 Å². The van der Waals surface area contributed by atoms with Gasteiger partial charge >= 0.3 is 0 Å². The molecule has 2 saturated carbocycles. The summed E-state index contributed by atoms with van der Waals surface area (Å²) in [5.41, 5.74) is -0.0953. The van der Waals surface area contributed by atoms with Crippen LogP contribution in [0.5, 0.6) is 0 Å². The molecule has 2 atom stereocenters. The Hall–Kier alpha value is -0.610. The first kappa shape index (κ1) is 15.3. The van der Waals surface area contributed by atoms with Gasteiger partial charge in [-0.15, -0.1) is 0 Å². The third kappa shape index (κ3) is 3.11. The first-order chi connectivity index (χ1) is 10.2. The first-order valence-corrected chi connectivity index (χ1v) is 8.76. The Morgan fingerprint density at radius 3 is 2.81 bits per heavy atom. The molecule has 2 N–H and O–H groups in total.